The number of ether oxygens (including phenoxy) is 3. The topological polar surface area (TPSA) is 74.2 Å². The molecule has 0 atom stereocenters. The van der Waals surface area contributed by atoms with Crippen molar-refractivity contribution in [2.45, 2.75) is 19.8 Å². The lowest BCUT2D eigenvalue weighted by atomic mass is 10.1. The van der Waals surface area contributed by atoms with E-state index in [2.05, 4.69) is 43.5 Å². The van der Waals surface area contributed by atoms with Gasteiger partial charge in [-0.05, 0) is 80.8 Å². The van der Waals surface area contributed by atoms with Gasteiger partial charge in [-0.2, -0.15) is 0 Å². The number of rotatable bonds is 6. The molecule has 1 aliphatic heterocycles. The summed E-state index contributed by atoms with van der Waals surface area (Å²) in [6.45, 7) is 1.90. The summed E-state index contributed by atoms with van der Waals surface area (Å²) in [7, 11) is 1.49. The summed E-state index contributed by atoms with van der Waals surface area (Å²) in [4.78, 5) is 28.5. The molecular weight excluding hydrogens is 553 g/mol. The minimum Gasteiger partial charge on any atom is -0.493 e. The van der Waals surface area contributed by atoms with Gasteiger partial charge in [0.1, 0.15) is 0 Å². The molecule has 2 aromatic rings. The van der Waals surface area contributed by atoms with Crippen molar-refractivity contribution in [1.29, 1.82) is 0 Å². The molecule has 0 aliphatic carbocycles. The van der Waals surface area contributed by atoms with E-state index >= 15 is 0 Å². The van der Waals surface area contributed by atoms with Crippen LogP contribution in [0.5, 0.6) is 11.5 Å². The van der Waals surface area contributed by atoms with Crippen LogP contribution in [0.25, 0.3) is 6.08 Å². The molecule has 0 radical (unpaired) electrons. The summed E-state index contributed by atoms with van der Waals surface area (Å²) in [5.41, 5.74) is 1.53. The highest BCUT2D eigenvalue weighted by molar-refractivity contribution is 14.1. The molecule has 0 aromatic heterocycles. The van der Waals surface area contributed by atoms with Gasteiger partial charge in [-0.15, -0.1) is 0 Å². The van der Waals surface area contributed by atoms with Crippen molar-refractivity contribution in [1.82, 2.24) is 0 Å². The predicted molar refractivity (Wildman–Crippen MR) is 121 cm³/mol. The van der Waals surface area contributed by atoms with Crippen LogP contribution in [-0.4, -0.2) is 24.9 Å². The Kier molecular flexibility index (Phi) is 7.07. The van der Waals surface area contributed by atoms with Crippen molar-refractivity contribution in [3.63, 3.8) is 0 Å². The molecule has 2 aromatic carbocycles. The molecule has 150 valence electrons. The Morgan fingerprint density at radius 1 is 1.31 bits per heavy atom. The number of aliphatic imine (C=N–C) groups is 1. The third kappa shape index (κ3) is 5.05. The van der Waals surface area contributed by atoms with Crippen molar-refractivity contribution in [3.05, 3.63) is 61.3 Å². The highest BCUT2D eigenvalue weighted by Crippen LogP contribution is 2.35. The fourth-order valence-electron chi connectivity index (χ4n) is 2.61. The van der Waals surface area contributed by atoms with Gasteiger partial charge in [0.2, 0.25) is 5.90 Å². The van der Waals surface area contributed by atoms with E-state index in [0.717, 1.165) is 4.47 Å². The van der Waals surface area contributed by atoms with E-state index in [4.69, 9.17) is 14.2 Å². The van der Waals surface area contributed by atoms with E-state index < -0.39 is 5.97 Å². The number of hydrogen-bond donors (Lipinski definition) is 0. The van der Waals surface area contributed by atoms with Crippen LogP contribution in [0.3, 0.4) is 0 Å². The first-order chi connectivity index (χ1) is 13.9. The molecule has 0 spiro atoms. The van der Waals surface area contributed by atoms with Gasteiger partial charge < -0.3 is 14.2 Å². The molecular formula is C21H17BrINO5. The molecule has 0 saturated carbocycles. The summed E-state index contributed by atoms with van der Waals surface area (Å²) in [6, 6.07) is 10.8. The van der Waals surface area contributed by atoms with Crippen LogP contribution in [0.15, 0.2) is 51.6 Å². The van der Waals surface area contributed by atoms with Crippen molar-refractivity contribution in [2.24, 2.45) is 4.99 Å². The Morgan fingerprint density at radius 3 is 2.76 bits per heavy atom. The van der Waals surface area contributed by atoms with Gasteiger partial charge in [0.25, 0.3) is 0 Å². The summed E-state index contributed by atoms with van der Waals surface area (Å²) >= 11 is 5.49. The molecule has 0 bridgehead atoms. The summed E-state index contributed by atoms with van der Waals surface area (Å²) < 4.78 is 17.6. The quantitative estimate of drug-likeness (QED) is 0.209. The highest BCUT2D eigenvalue weighted by atomic mass is 127. The fraction of sp³-hybridized carbons (Fsp3) is 0.190. The second-order valence-corrected chi connectivity index (χ2v) is 8.09. The number of esters is 2. The van der Waals surface area contributed by atoms with Crippen LogP contribution in [0.2, 0.25) is 0 Å². The van der Waals surface area contributed by atoms with Crippen LogP contribution in [0, 0.1) is 3.57 Å². The van der Waals surface area contributed by atoms with E-state index in [1.54, 1.807) is 18.2 Å². The summed E-state index contributed by atoms with van der Waals surface area (Å²) in [5, 5.41) is 0. The smallest absolute Gasteiger partial charge is 0.363 e. The maximum atomic E-state index is 12.3. The van der Waals surface area contributed by atoms with Gasteiger partial charge in [-0.3, -0.25) is 4.79 Å². The number of halogens is 2. The van der Waals surface area contributed by atoms with Crippen molar-refractivity contribution in [3.8, 4) is 11.5 Å². The van der Waals surface area contributed by atoms with E-state index in [1.807, 2.05) is 31.2 Å². The lowest BCUT2D eigenvalue weighted by Crippen LogP contribution is -2.09. The maximum absolute atomic E-state index is 12.3. The van der Waals surface area contributed by atoms with Crippen LogP contribution < -0.4 is 9.47 Å². The van der Waals surface area contributed by atoms with Gasteiger partial charge in [-0.25, -0.2) is 9.79 Å². The van der Waals surface area contributed by atoms with Gasteiger partial charge in [-0.1, -0.05) is 19.1 Å². The Morgan fingerprint density at radius 2 is 2.07 bits per heavy atom. The van der Waals surface area contributed by atoms with Crippen LogP contribution in [0.4, 0.5) is 0 Å². The van der Waals surface area contributed by atoms with E-state index in [9.17, 15) is 9.59 Å². The Balaban J connectivity index is 1.94. The number of carbonyl (C=O) groups excluding carboxylic acids is 2. The van der Waals surface area contributed by atoms with Crippen LogP contribution in [0.1, 0.15) is 30.9 Å². The Hall–Kier alpha value is -2.20. The van der Waals surface area contributed by atoms with Gasteiger partial charge >= 0.3 is 11.9 Å². The minimum atomic E-state index is -0.539. The predicted octanol–water partition coefficient (Wildman–Crippen LogP) is 5.11. The third-order valence-corrected chi connectivity index (χ3v) is 5.44. The van der Waals surface area contributed by atoms with E-state index in [-0.39, 0.29) is 17.6 Å². The lowest BCUT2D eigenvalue weighted by Gasteiger charge is -2.12. The molecule has 3 rings (SSSR count). The number of hydrogen-bond acceptors (Lipinski definition) is 6. The molecule has 8 heteroatoms. The normalized spacial score (nSPS) is 14.6. The number of benzene rings is 2. The first-order valence-electron chi connectivity index (χ1n) is 8.78. The molecule has 0 N–H and O–H groups in total. The summed E-state index contributed by atoms with van der Waals surface area (Å²) in [5.74, 6) is 0.134. The van der Waals surface area contributed by atoms with Crippen molar-refractivity contribution < 1.29 is 23.8 Å². The van der Waals surface area contributed by atoms with Gasteiger partial charge in [0.15, 0.2) is 17.2 Å². The van der Waals surface area contributed by atoms with Gasteiger partial charge in [0, 0.05) is 10.9 Å². The number of nitrogens with zero attached hydrogens (tertiary/aromatic N) is 1. The molecule has 0 saturated heterocycles. The second kappa shape index (κ2) is 9.53. The average Bonchev–Trinajstić information content (AvgIpc) is 3.04. The Labute approximate surface area is 190 Å². The zero-order valence-corrected chi connectivity index (χ0v) is 19.4. The molecule has 0 fully saturated rings. The first kappa shape index (κ1) is 21.5. The first-order valence-corrected chi connectivity index (χ1v) is 10.7. The lowest BCUT2D eigenvalue weighted by molar-refractivity contribution is -0.134. The Bertz CT molecular complexity index is 1030. The minimum absolute atomic E-state index is 0.171. The number of cyclic esters (lactones) is 1. The molecule has 29 heavy (non-hydrogen) atoms. The fourth-order valence-corrected chi connectivity index (χ4v) is 3.80. The van der Waals surface area contributed by atoms with E-state index in [0.29, 0.717) is 39.0 Å². The van der Waals surface area contributed by atoms with Gasteiger partial charge in [0.05, 0.1) is 16.2 Å². The molecule has 0 unspecified atom stereocenters. The average molecular weight is 570 g/mol. The molecule has 0 amide bonds. The zero-order valence-electron chi connectivity index (χ0n) is 15.7. The SMILES string of the molecule is CCCC(=O)Oc1c(I)cc(/C=C2\N=C(c3ccccc3Br)OC2=O)cc1OC. The largest absolute Gasteiger partial charge is 0.493 e. The van der Waals surface area contributed by atoms with E-state index in [1.165, 1.54) is 7.11 Å². The third-order valence-electron chi connectivity index (χ3n) is 3.95. The molecule has 6 nitrogen and oxygen atoms in total. The number of methoxy groups -OCH3 is 1. The highest BCUT2D eigenvalue weighted by Gasteiger charge is 2.25. The number of carbonyl (C=O) groups is 2. The van der Waals surface area contributed by atoms with Crippen LogP contribution >= 0.6 is 38.5 Å². The van der Waals surface area contributed by atoms with Crippen LogP contribution in [-0.2, 0) is 14.3 Å². The van der Waals surface area contributed by atoms with Crippen molar-refractivity contribution in [2.75, 3.05) is 7.11 Å². The second-order valence-electron chi connectivity index (χ2n) is 6.07. The monoisotopic (exact) mass is 569 g/mol. The molecule has 1 heterocycles. The zero-order chi connectivity index (χ0) is 21.0. The summed E-state index contributed by atoms with van der Waals surface area (Å²) in [6.07, 6.45) is 2.62. The van der Waals surface area contributed by atoms with Crippen molar-refractivity contribution >= 4 is 62.4 Å². The molecule has 1 aliphatic rings. The maximum Gasteiger partial charge on any atom is 0.363 e. The standard InChI is InChI=1S/C21H17BrINO5/c1-3-6-18(25)28-19-15(23)9-12(11-17(19)27-2)10-16-21(26)29-20(24-16)13-7-4-5-8-14(13)22/h4-5,7-11H,3,6H2,1-2H3/b16-10-.